The molecule has 6 nitrogen and oxygen atoms in total. The number of carbonyl (C=O) groups excluding carboxylic acids is 1. The Morgan fingerprint density at radius 2 is 1.72 bits per heavy atom. The van der Waals surface area contributed by atoms with Crippen molar-refractivity contribution in [3.8, 4) is 11.8 Å². The molecule has 1 atom stereocenters. The normalized spacial score (nSPS) is 12.3. The molecule has 154 valence electrons. The predicted octanol–water partition coefficient (Wildman–Crippen LogP) is 4.04. The molecule has 1 amide bonds. The van der Waals surface area contributed by atoms with Gasteiger partial charge in [0.25, 0.3) is 0 Å². The first-order valence-corrected chi connectivity index (χ1v) is 11.0. The molecule has 0 heterocycles. The van der Waals surface area contributed by atoms with Crippen LogP contribution in [0.15, 0.2) is 48.5 Å². The standard InChI is InChI=1S/C22H26N2O4S/c1-16(23-21(25)28-22(2,3)4)18-13-14-20(24-29(5,26)27)19(15-18)12-11-17-9-7-6-8-10-17/h6-10,13-16,24H,1-5H3,(H,23,25). The molecular formula is C22H26N2O4S. The van der Waals surface area contributed by atoms with Gasteiger partial charge in [-0.25, -0.2) is 13.2 Å². The lowest BCUT2D eigenvalue weighted by atomic mass is 10.0. The zero-order valence-electron chi connectivity index (χ0n) is 17.2. The Kier molecular flexibility index (Phi) is 6.93. The van der Waals surface area contributed by atoms with Crippen LogP contribution in [0, 0.1) is 11.8 Å². The number of ether oxygens (including phenoxy) is 1. The van der Waals surface area contributed by atoms with E-state index in [1.165, 1.54) is 0 Å². The van der Waals surface area contributed by atoms with Crippen LogP contribution >= 0.6 is 0 Å². The number of anilines is 1. The van der Waals surface area contributed by atoms with Crippen molar-refractivity contribution in [2.75, 3.05) is 11.0 Å². The Bertz CT molecular complexity index is 1030. The Morgan fingerprint density at radius 1 is 1.07 bits per heavy atom. The van der Waals surface area contributed by atoms with Crippen LogP contribution < -0.4 is 10.0 Å². The first-order valence-electron chi connectivity index (χ1n) is 9.11. The fraction of sp³-hybridized carbons (Fsp3) is 0.318. The molecule has 0 aliphatic heterocycles. The van der Waals surface area contributed by atoms with Crippen molar-refractivity contribution in [1.29, 1.82) is 0 Å². The number of sulfonamides is 1. The summed E-state index contributed by atoms with van der Waals surface area (Å²) in [6.07, 6.45) is 0.558. The summed E-state index contributed by atoms with van der Waals surface area (Å²) in [6.45, 7) is 7.19. The maximum absolute atomic E-state index is 12.0. The molecule has 0 aromatic heterocycles. The van der Waals surface area contributed by atoms with Gasteiger partial charge in [0, 0.05) is 11.1 Å². The molecule has 0 spiro atoms. The average Bonchev–Trinajstić information content (AvgIpc) is 2.58. The Balaban J connectivity index is 2.33. The van der Waals surface area contributed by atoms with Gasteiger partial charge < -0.3 is 10.1 Å². The van der Waals surface area contributed by atoms with Crippen LogP contribution in [0.4, 0.5) is 10.5 Å². The van der Waals surface area contributed by atoms with E-state index < -0.39 is 21.7 Å². The number of benzene rings is 2. The monoisotopic (exact) mass is 414 g/mol. The molecule has 0 fully saturated rings. The van der Waals surface area contributed by atoms with Crippen molar-refractivity contribution < 1.29 is 17.9 Å². The van der Waals surface area contributed by atoms with Gasteiger partial charge in [0.15, 0.2) is 0 Å². The van der Waals surface area contributed by atoms with Crippen molar-refractivity contribution in [3.63, 3.8) is 0 Å². The molecule has 0 saturated carbocycles. The number of rotatable bonds is 4. The van der Waals surface area contributed by atoms with Crippen LogP contribution in [-0.2, 0) is 14.8 Å². The largest absolute Gasteiger partial charge is 0.444 e. The van der Waals surface area contributed by atoms with E-state index in [9.17, 15) is 13.2 Å². The van der Waals surface area contributed by atoms with Gasteiger partial charge in [-0.2, -0.15) is 0 Å². The van der Waals surface area contributed by atoms with Crippen LogP contribution in [0.3, 0.4) is 0 Å². The molecule has 0 radical (unpaired) electrons. The quantitative estimate of drug-likeness (QED) is 0.740. The minimum Gasteiger partial charge on any atom is -0.444 e. The number of hydrogen-bond acceptors (Lipinski definition) is 4. The van der Waals surface area contributed by atoms with E-state index in [1.807, 2.05) is 37.3 Å². The van der Waals surface area contributed by atoms with Crippen molar-refractivity contribution >= 4 is 21.8 Å². The van der Waals surface area contributed by atoms with Gasteiger partial charge >= 0.3 is 6.09 Å². The van der Waals surface area contributed by atoms with E-state index >= 15 is 0 Å². The van der Waals surface area contributed by atoms with Crippen LogP contribution in [0.1, 0.15) is 50.4 Å². The Labute approximate surface area is 172 Å². The molecule has 0 bridgehead atoms. The summed E-state index contributed by atoms with van der Waals surface area (Å²) in [4.78, 5) is 12.0. The van der Waals surface area contributed by atoms with Crippen molar-refractivity contribution in [2.24, 2.45) is 0 Å². The van der Waals surface area contributed by atoms with E-state index in [2.05, 4.69) is 21.9 Å². The first-order chi connectivity index (χ1) is 13.4. The van der Waals surface area contributed by atoms with Gasteiger partial charge in [-0.05, 0) is 57.5 Å². The molecule has 2 aromatic carbocycles. The highest BCUT2D eigenvalue weighted by Gasteiger charge is 2.19. The summed E-state index contributed by atoms with van der Waals surface area (Å²) in [7, 11) is -3.46. The summed E-state index contributed by atoms with van der Waals surface area (Å²) in [5.41, 5.74) is 1.87. The molecule has 2 aromatic rings. The Morgan fingerprint density at radius 3 is 2.31 bits per heavy atom. The van der Waals surface area contributed by atoms with Crippen molar-refractivity contribution in [1.82, 2.24) is 5.32 Å². The molecular weight excluding hydrogens is 388 g/mol. The third kappa shape index (κ3) is 7.88. The highest BCUT2D eigenvalue weighted by Crippen LogP contribution is 2.22. The average molecular weight is 415 g/mol. The van der Waals surface area contributed by atoms with E-state index in [1.54, 1.807) is 39.0 Å². The summed E-state index contributed by atoms with van der Waals surface area (Å²) >= 11 is 0. The molecule has 0 saturated heterocycles. The van der Waals surface area contributed by atoms with Crippen molar-refractivity contribution in [2.45, 2.75) is 39.3 Å². The molecule has 0 aliphatic rings. The topological polar surface area (TPSA) is 84.5 Å². The molecule has 29 heavy (non-hydrogen) atoms. The lowest BCUT2D eigenvalue weighted by Crippen LogP contribution is -2.34. The molecule has 0 aliphatic carbocycles. The van der Waals surface area contributed by atoms with Crippen molar-refractivity contribution in [3.05, 3.63) is 65.2 Å². The number of hydrogen-bond donors (Lipinski definition) is 2. The summed E-state index contributed by atoms with van der Waals surface area (Å²) in [5, 5.41) is 2.77. The second-order valence-electron chi connectivity index (χ2n) is 7.66. The summed E-state index contributed by atoms with van der Waals surface area (Å²) < 4.78 is 31.1. The van der Waals surface area contributed by atoms with E-state index in [4.69, 9.17) is 4.74 Å². The van der Waals surface area contributed by atoms with E-state index in [-0.39, 0.29) is 6.04 Å². The minimum absolute atomic E-state index is 0.352. The third-order valence-corrected chi connectivity index (χ3v) is 4.28. The fourth-order valence-electron chi connectivity index (χ4n) is 2.45. The summed E-state index contributed by atoms with van der Waals surface area (Å²) in [5.74, 6) is 6.05. The number of carbonyl (C=O) groups is 1. The number of alkyl carbamates (subject to hydrolysis) is 1. The Hall–Kier alpha value is -2.98. The van der Waals surface area contributed by atoms with Crippen LogP contribution in [0.2, 0.25) is 0 Å². The highest BCUT2D eigenvalue weighted by atomic mass is 32.2. The summed E-state index contributed by atoms with van der Waals surface area (Å²) in [6, 6.07) is 14.2. The van der Waals surface area contributed by atoms with Gasteiger partial charge in [0.05, 0.1) is 18.0 Å². The fourth-order valence-corrected chi connectivity index (χ4v) is 3.03. The van der Waals surface area contributed by atoms with Crippen LogP contribution in [0.5, 0.6) is 0 Å². The maximum atomic E-state index is 12.0. The lowest BCUT2D eigenvalue weighted by molar-refractivity contribution is 0.0508. The van der Waals surface area contributed by atoms with Gasteiger partial charge in [-0.1, -0.05) is 36.1 Å². The van der Waals surface area contributed by atoms with E-state index in [0.29, 0.717) is 11.3 Å². The minimum atomic E-state index is -3.46. The van der Waals surface area contributed by atoms with Gasteiger partial charge in [0.2, 0.25) is 10.0 Å². The molecule has 7 heteroatoms. The predicted molar refractivity (Wildman–Crippen MR) is 115 cm³/mol. The molecule has 2 rings (SSSR count). The van der Waals surface area contributed by atoms with Gasteiger partial charge in [-0.3, -0.25) is 4.72 Å². The molecule has 1 unspecified atom stereocenters. The SMILES string of the molecule is CC(NC(=O)OC(C)(C)C)c1ccc(NS(C)(=O)=O)c(C#Cc2ccccc2)c1. The van der Waals surface area contributed by atoms with Gasteiger partial charge in [0.1, 0.15) is 5.60 Å². The number of nitrogens with one attached hydrogen (secondary N) is 2. The third-order valence-electron chi connectivity index (χ3n) is 3.69. The zero-order chi connectivity index (χ0) is 21.7. The van der Waals surface area contributed by atoms with E-state index in [0.717, 1.165) is 17.4 Å². The molecule has 2 N–H and O–H groups in total. The smallest absolute Gasteiger partial charge is 0.408 e. The second kappa shape index (κ2) is 9.01. The second-order valence-corrected chi connectivity index (χ2v) is 9.41. The highest BCUT2D eigenvalue weighted by molar-refractivity contribution is 7.92. The zero-order valence-corrected chi connectivity index (χ0v) is 18.1. The number of amides is 1. The first kappa shape index (κ1) is 22.3. The lowest BCUT2D eigenvalue weighted by Gasteiger charge is -2.22. The van der Waals surface area contributed by atoms with Gasteiger partial charge in [-0.15, -0.1) is 0 Å². The van der Waals surface area contributed by atoms with Crippen LogP contribution in [-0.4, -0.2) is 26.4 Å². The van der Waals surface area contributed by atoms with Crippen LogP contribution in [0.25, 0.3) is 0 Å². The maximum Gasteiger partial charge on any atom is 0.408 e.